The van der Waals surface area contributed by atoms with Crippen LogP contribution < -0.4 is 0 Å². The number of benzene rings is 1. The lowest BCUT2D eigenvalue weighted by Crippen LogP contribution is -2.00. The van der Waals surface area contributed by atoms with E-state index in [1.807, 2.05) is 0 Å². The molecule has 3 heteroatoms. The van der Waals surface area contributed by atoms with Gasteiger partial charge in [-0.05, 0) is 0 Å². The first kappa shape index (κ1) is 7.65. The van der Waals surface area contributed by atoms with Crippen molar-refractivity contribution < 1.29 is 9.59 Å². The summed E-state index contributed by atoms with van der Waals surface area (Å²) in [6.07, 6.45) is 0. The van der Waals surface area contributed by atoms with Crippen LogP contribution in [-0.4, -0.2) is 17.4 Å². The fraction of sp³-hybridized carbons (Fsp3) is 0. The molecule has 0 heterocycles. The van der Waals surface area contributed by atoms with Crippen LogP contribution in [0.2, 0.25) is 0 Å². The van der Waals surface area contributed by atoms with Gasteiger partial charge in [0.05, 0.1) is 5.57 Å². The smallest absolute Gasteiger partial charge is 0.203 e. The molecule has 1 aromatic rings. The first-order valence-corrected chi connectivity index (χ1v) is 3.71. The molecular formula is C10H4NO2-. The fourth-order valence-corrected chi connectivity index (χ4v) is 1.35. The molecule has 3 nitrogen and oxygen atoms in total. The highest BCUT2D eigenvalue weighted by molar-refractivity contribution is 6.43. The second kappa shape index (κ2) is 2.51. The number of hydrogen-bond acceptors (Lipinski definition) is 2. The molecule has 13 heavy (non-hydrogen) atoms. The van der Waals surface area contributed by atoms with Gasteiger partial charge < -0.3 is 5.41 Å². The highest BCUT2D eigenvalue weighted by atomic mass is 16.2. The van der Waals surface area contributed by atoms with E-state index in [-0.39, 0.29) is 5.57 Å². The quantitative estimate of drug-likeness (QED) is 0.334. The van der Waals surface area contributed by atoms with Gasteiger partial charge in [0, 0.05) is 11.1 Å². The van der Waals surface area contributed by atoms with Crippen LogP contribution in [0.1, 0.15) is 20.7 Å². The third-order valence-corrected chi connectivity index (χ3v) is 1.98. The molecule has 1 aromatic carbocycles. The summed E-state index contributed by atoms with van der Waals surface area (Å²) < 4.78 is 0. The number of carbonyl (C=O) groups excluding carboxylic acids is 2. The minimum atomic E-state index is -0.455. The average Bonchev–Trinajstić information content (AvgIpc) is 2.41. The number of ketones is 2. The Morgan fingerprint density at radius 3 is 1.85 bits per heavy atom. The lowest BCUT2D eigenvalue weighted by Gasteiger charge is -1.90. The maximum atomic E-state index is 11.4. The van der Waals surface area contributed by atoms with Crippen LogP contribution in [0.5, 0.6) is 0 Å². The molecule has 0 saturated carbocycles. The van der Waals surface area contributed by atoms with Crippen molar-refractivity contribution in [2.75, 3.05) is 0 Å². The maximum absolute atomic E-state index is 11.4. The molecule has 0 fully saturated rings. The largest absolute Gasteiger partial charge is 0.763 e. The van der Waals surface area contributed by atoms with Crippen LogP contribution in [-0.2, 0) is 0 Å². The summed E-state index contributed by atoms with van der Waals surface area (Å²) in [6.45, 7) is 0. The van der Waals surface area contributed by atoms with Crippen molar-refractivity contribution in [3.8, 4) is 0 Å². The number of carbonyl (C=O) groups is 2. The van der Waals surface area contributed by atoms with Gasteiger partial charge in [0.1, 0.15) is 0 Å². The molecule has 0 amide bonds. The zero-order valence-electron chi connectivity index (χ0n) is 6.57. The van der Waals surface area contributed by atoms with Crippen LogP contribution in [0.25, 0.3) is 5.41 Å². The Morgan fingerprint density at radius 2 is 1.46 bits per heavy atom. The van der Waals surface area contributed by atoms with E-state index < -0.39 is 11.6 Å². The molecule has 0 radical (unpaired) electrons. The number of Topliss-reactive ketones (excluding diaryl/α,β-unsaturated/α-hetero) is 2. The predicted molar refractivity (Wildman–Crippen MR) is 47.0 cm³/mol. The van der Waals surface area contributed by atoms with Crippen molar-refractivity contribution in [1.82, 2.24) is 0 Å². The third kappa shape index (κ3) is 0.880. The number of allylic oxidation sites excluding steroid dienone is 1. The highest BCUT2D eigenvalue weighted by Gasteiger charge is 2.31. The topological polar surface area (TPSA) is 56.4 Å². The first-order chi connectivity index (χ1) is 6.25. The van der Waals surface area contributed by atoms with Crippen LogP contribution in [0.3, 0.4) is 0 Å². The molecular weight excluding hydrogens is 166 g/mol. The van der Waals surface area contributed by atoms with Gasteiger partial charge in [-0.1, -0.05) is 24.3 Å². The van der Waals surface area contributed by atoms with Gasteiger partial charge in [-0.15, -0.1) is 0 Å². The van der Waals surface area contributed by atoms with Gasteiger partial charge in [0.2, 0.25) is 11.6 Å². The first-order valence-electron chi connectivity index (χ1n) is 3.71. The molecule has 0 spiro atoms. The Labute approximate surface area is 74.2 Å². The van der Waals surface area contributed by atoms with Crippen molar-refractivity contribution in [3.63, 3.8) is 0 Å². The SMILES string of the molecule is [N-]=C=C1C(=O)c2ccccc2C1=O. The standard InChI is InChI=1S/C10H4NO2/c11-5-8-9(12)6-3-1-2-4-7(6)10(8)13/h1-4H/q-1. The Balaban J connectivity index is 2.78. The summed E-state index contributed by atoms with van der Waals surface area (Å²) in [7, 11) is 0. The molecule has 2 rings (SSSR count). The van der Waals surface area contributed by atoms with Gasteiger partial charge in [-0.3, -0.25) is 15.5 Å². The van der Waals surface area contributed by atoms with E-state index in [1.165, 1.54) is 0 Å². The highest BCUT2D eigenvalue weighted by Crippen LogP contribution is 2.23. The van der Waals surface area contributed by atoms with E-state index in [1.54, 1.807) is 30.1 Å². The summed E-state index contributed by atoms with van der Waals surface area (Å²) >= 11 is 0. The molecule has 0 saturated heterocycles. The van der Waals surface area contributed by atoms with E-state index in [9.17, 15) is 9.59 Å². The number of hydrogen-bond donors (Lipinski definition) is 0. The van der Waals surface area contributed by atoms with Crippen LogP contribution in [0, 0.1) is 0 Å². The second-order valence-electron chi connectivity index (χ2n) is 2.69. The van der Waals surface area contributed by atoms with E-state index >= 15 is 0 Å². The molecule has 0 aromatic heterocycles. The summed E-state index contributed by atoms with van der Waals surface area (Å²) in [4.78, 5) is 22.7. The molecule has 0 aliphatic heterocycles. The normalized spacial score (nSPS) is 14.3. The summed E-state index contributed by atoms with van der Waals surface area (Å²) in [5.41, 5.74) is 0.398. The minimum absolute atomic E-state index is 0.277. The van der Waals surface area contributed by atoms with Crippen molar-refractivity contribution in [2.45, 2.75) is 0 Å². The van der Waals surface area contributed by atoms with Crippen molar-refractivity contribution in [3.05, 3.63) is 46.4 Å². The molecule has 0 N–H and O–H groups in total. The van der Waals surface area contributed by atoms with Crippen LogP contribution in [0.15, 0.2) is 29.8 Å². The third-order valence-electron chi connectivity index (χ3n) is 1.98. The Kier molecular flexibility index (Phi) is 1.47. The maximum Gasteiger partial charge on any atom is 0.203 e. The zero-order chi connectivity index (χ0) is 9.42. The van der Waals surface area contributed by atoms with Crippen molar-refractivity contribution >= 4 is 17.4 Å². The molecule has 1 aliphatic rings. The van der Waals surface area contributed by atoms with Gasteiger partial charge in [-0.25, -0.2) is 0 Å². The predicted octanol–water partition coefficient (Wildman–Crippen LogP) is 1.23. The number of nitrogens with zero attached hydrogens (tertiary/aromatic N) is 1. The van der Waals surface area contributed by atoms with Crippen molar-refractivity contribution in [2.24, 2.45) is 0 Å². The van der Waals surface area contributed by atoms with E-state index in [2.05, 4.69) is 0 Å². The van der Waals surface area contributed by atoms with E-state index in [0.717, 1.165) is 0 Å². The number of rotatable bonds is 0. The molecule has 62 valence electrons. The van der Waals surface area contributed by atoms with Gasteiger partial charge in [0.15, 0.2) is 0 Å². The summed E-state index contributed by atoms with van der Waals surface area (Å²) in [5, 5.41) is 8.55. The van der Waals surface area contributed by atoms with Gasteiger partial charge in [0.25, 0.3) is 0 Å². The monoisotopic (exact) mass is 170 g/mol. The molecule has 1 aliphatic carbocycles. The van der Waals surface area contributed by atoms with Gasteiger partial charge in [-0.2, -0.15) is 0 Å². The fourth-order valence-electron chi connectivity index (χ4n) is 1.35. The Morgan fingerprint density at radius 1 is 1.00 bits per heavy atom. The second-order valence-corrected chi connectivity index (χ2v) is 2.69. The number of fused-ring (bicyclic) bond motifs is 1. The zero-order valence-corrected chi connectivity index (χ0v) is 6.57. The van der Waals surface area contributed by atoms with Crippen LogP contribution >= 0.6 is 0 Å². The van der Waals surface area contributed by atoms with Gasteiger partial charge >= 0.3 is 0 Å². The lowest BCUT2D eigenvalue weighted by molar-refractivity contribution is 0.0992. The molecule has 0 bridgehead atoms. The van der Waals surface area contributed by atoms with E-state index in [4.69, 9.17) is 5.41 Å². The average molecular weight is 170 g/mol. The summed E-state index contributed by atoms with van der Waals surface area (Å²) in [6, 6.07) is 6.45. The minimum Gasteiger partial charge on any atom is -0.763 e. The Bertz CT molecular complexity index is 431. The lowest BCUT2D eigenvalue weighted by atomic mass is 10.1. The molecule has 0 atom stereocenters. The van der Waals surface area contributed by atoms with E-state index in [0.29, 0.717) is 11.1 Å². The Hall–Kier alpha value is -1.99. The van der Waals surface area contributed by atoms with Crippen molar-refractivity contribution in [1.29, 1.82) is 0 Å². The molecule has 0 unspecified atom stereocenters. The van der Waals surface area contributed by atoms with Crippen LogP contribution in [0.4, 0.5) is 0 Å². The summed E-state index contributed by atoms with van der Waals surface area (Å²) in [5.74, 6) is 0.717.